The number of carbonyl (C=O) groups is 2. The van der Waals surface area contributed by atoms with Crippen LogP contribution in [0.1, 0.15) is 40.2 Å². The standard InChI is InChI=1S/C19H25N3O5/c1-18(2,3)27-17(24)21-13-11-26-14-12(7-9-19(4,5)25)8-10-20-15(14)22(6)16(13)23/h8,10,13,25H,11H2,1-6H3,(H,21,24). The lowest BCUT2D eigenvalue weighted by molar-refractivity contribution is -0.120. The summed E-state index contributed by atoms with van der Waals surface area (Å²) in [6.45, 7) is 8.24. The van der Waals surface area contributed by atoms with Crippen LogP contribution in [0.15, 0.2) is 12.3 Å². The van der Waals surface area contributed by atoms with E-state index in [0.717, 1.165) is 0 Å². The number of ether oxygens (including phenoxy) is 2. The summed E-state index contributed by atoms with van der Waals surface area (Å²) >= 11 is 0. The van der Waals surface area contributed by atoms with Crippen molar-refractivity contribution in [3.8, 4) is 17.6 Å². The molecule has 0 fully saturated rings. The Balaban J connectivity index is 2.28. The normalized spacial score (nSPS) is 17.1. The van der Waals surface area contributed by atoms with Gasteiger partial charge in [-0.15, -0.1) is 0 Å². The molecule has 8 heteroatoms. The van der Waals surface area contributed by atoms with Crippen molar-refractivity contribution in [1.82, 2.24) is 10.3 Å². The summed E-state index contributed by atoms with van der Waals surface area (Å²) < 4.78 is 10.9. The Morgan fingerprint density at radius 2 is 2.07 bits per heavy atom. The van der Waals surface area contributed by atoms with E-state index in [0.29, 0.717) is 11.3 Å². The molecule has 1 aromatic heterocycles. The molecule has 2 rings (SSSR count). The van der Waals surface area contributed by atoms with E-state index < -0.39 is 23.3 Å². The average molecular weight is 375 g/mol. The molecular weight excluding hydrogens is 350 g/mol. The van der Waals surface area contributed by atoms with Gasteiger partial charge in [-0.2, -0.15) is 0 Å². The van der Waals surface area contributed by atoms with Gasteiger partial charge >= 0.3 is 6.09 Å². The predicted molar refractivity (Wildman–Crippen MR) is 99.5 cm³/mol. The highest BCUT2D eigenvalue weighted by Crippen LogP contribution is 2.31. The maximum absolute atomic E-state index is 12.7. The summed E-state index contributed by atoms with van der Waals surface area (Å²) in [5.74, 6) is 5.77. The number of anilines is 1. The van der Waals surface area contributed by atoms with Crippen LogP contribution in [0.2, 0.25) is 0 Å². The second-order valence-corrected chi connectivity index (χ2v) is 7.73. The fourth-order valence-electron chi connectivity index (χ4n) is 2.27. The van der Waals surface area contributed by atoms with Crippen molar-refractivity contribution in [3.05, 3.63) is 17.8 Å². The van der Waals surface area contributed by atoms with Gasteiger partial charge in [0, 0.05) is 13.2 Å². The third-order valence-corrected chi connectivity index (χ3v) is 3.42. The van der Waals surface area contributed by atoms with Crippen molar-refractivity contribution in [3.63, 3.8) is 0 Å². The average Bonchev–Trinajstić information content (AvgIpc) is 2.63. The number of alkyl carbamates (subject to hydrolysis) is 1. The van der Waals surface area contributed by atoms with Gasteiger partial charge < -0.3 is 19.9 Å². The summed E-state index contributed by atoms with van der Waals surface area (Å²) in [7, 11) is 1.54. The number of fused-ring (bicyclic) bond motifs is 1. The highest BCUT2D eigenvalue weighted by Gasteiger charge is 2.33. The maximum atomic E-state index is 12.7. The molecule has 2 N–H and O–H groups in total. The molecule has 2 amide bonds. The molecule has 8 nitrogen and oxygen atoms in total. The van der Waals surface area contributed by atoms with Crippen LogP contribution in [0.5, 0.6) is 5.75 Å². The molecule has 1 aromatic rings. The van der Waals surface area contributed by atoms with Crippen molar-refractivity contribution in [2.45, 2.75) is 51.9 Å². The van der Waals surface area contributed by atoms with Crippen LogP contribution in [-0.4, -0.2) is 53.0 Å². The molecule has 0 radical (unpaired) electrons. The van der Waals surface area contributed by atoms with E-state index in [1.807, 2.05) is 0 Å². The van der Waals surface area contributed by atoms with Crippen LogP contribution >= 0.6 is 0 Å². The first-order valence-electron chi connectivity index (χ1n) is 8.52. The molecule has 1 unspecified atom stereocenters. The molecule has 0 bridgehead atoms. The number of hydrogen-bond acceptors (Lipinski definition) is 6. The van der Waals surface area contributed by atoms with Gasteiger partial charge in [0.05, 0.1) is 5.56 Å². The fraction of sp³-hybridized carbons (Fsp3) is 0.526. The van der Waals surface area contributed by atoms with Crippen molar-refractivity contribution in [2.24, 2.45) is 0 Å². The van der Waals surface area contributed by atoms with Crippen LogP contribution in [0.4, 0.5) is 10.6 Å². The van der Waals surface area contributed by atoms with Crippen LogP contribution in [0.3, 0.4) is 0 Å². The van der Waals surface area contributed by atoms with Crippen molar-refractivity contribution < 1.29 is 24.2 Å². The van der Waals surface area contributed by atoms with E-state index in [2.05, 4.69) is 22.1 Å². The zero-order valence-electron chi connectivity index (χ0n) is 16.4. The Hall–Kier alpha value is -2.79. The van der Waals surface area contributed by atoms with Crippen molar-refractivity contribution in [1.29, 1.82) is 0 Å². The minimum atomic E-state index is -1.18. The minimum absolute atomic E-state index is 0.0989. The largest absolute Gasteiger partial charge is 0.486 e. The zero-order valence-corrected chi connectivity index (χ0v) is 16.4. The fourth-order valence-corrected chi connectivity index (χ4v) is 2.27. The molecule has 0 aliphatic carbocycles. The number of nitrogens with zero attached hydrogens (tertiary/aromatic N) is 2. The van der Waals surface area contributed by atoms with Crippen LogP contribution in [0, 0.1) is 11.8 Å². The molecule has 0 saturated carbocycles. The number of aliphatic hydroxyl groups is 1. The SMILES string of the molecule is CN1C(=O)C(NC(=O)OC(C)(C)C)COc2c(C#CC(C)(C)O)ccnc21. The van der Waals surface area contributed by atoms with Gasteiger partial charge in [-0.3, -0.25) is 9.69 Å². The quantitative estimate of drug-likeness (QED) is 0.721. The van der Waals surface area contributed by atoms with Crippen molar-refractivity contribution in [2.75, 3.05) is 18.6 Å². The number of amides is 2. The molecule has 0 spiro atoms. The third kappa shape index (κ3) is 5.59. The van der Waals surface area contributed by atoms with Crippen LogP contribution < -0.4 is 15.0 Å². The lowest BCUT2D eigenvalue weighted by Crippen LogP contribution is -2.50. The van der Waals surface area contributed by atoms with Crippen LogP contribution in [-0.2, 0) is 9.53 Å². The highest BCUT2D eigenvalue weighted by molar-refractivity contribution is 5.99. The smallest absolute Gasteiger partial charge is 0.408 e. The summed E-state index contributed by atoms with van der Waals surface area (Å²) in [5, 5.41) is 12.3. The Kier molecular flexibility index (Phi) is 5.66. The number of carbonyl (C=O) groups excluding carboxylic acids is 2. The van der Waals surface area contributed by atoms with Gasteiger partial charge in [0.2, 0.25) is 0 Å². The number of pyridine rings is 1. The molecule has 1 aliphatic rings. The summed E-state index contributed by atoms with van der Waals surface area (Å²) in [6, 6.07) is 0.700. The first-order chi connectivity index (χ1) is 12.4. The van der Waals surface area contributed by atoms with E-state index >= 15 is 0 Å². The predicted octanol–water partition coefficient (Wildman–Crippen LogP) is 1.45. The van der Waals surface area contributed by atoms with Crippen molar-refractivity contribution >= 4 is 17.8 Å². The van der Waals surface area contributed by atoms with E-state index in [9.17, 15) is 14.7 Å². The molecule has 27 heavy (non-hydrogen) atoms. The number of nitrogens with one attached hydrogen (secondary N) is 1. The molecule has 2 heterocycles. The van der Waals surface area contributed by atoms with Gasteiger partial charge in [0.15, 0.2) is 11.6 Å². The van der Waals surface area contributed by atoms with Gasteiger partial charge in [0.1, 0.15) is 23.9 Å². The van der Waals surface area contributed by atoms with Crippen LogP contribution in [0.25, 0.3) is 0 Å². The number of aromatic nitrogens is 1. The maximum Gasteiger partial charge on any atom is 0.408 e. The molecule has 146 valence electrons. The first-order valence-corrected chi connectivity index (χ1v) is 8.52. The Labute approximate surface area is 158 Å². The Morgan fingerprint density at radius 3 is 2.67 bits per heavy atom. The zero-order chi connectivity index (χ0) is 20.4. The Morgan fingerprint density at radius 1 is 1.41 bits per heavy atom. The van der Waals surface area contributed by atoms with E-state index in [4.69, 9.17) is 9.47 Å². The first kappa shape index (κ1) is 20.5. The lowest BCUT2D eigenvalue weighted by Gasteiger charge is -2.23. The van der Waals surface area contributed by atoms with E-state index in [1.165, 1.54) is 11.1 Å². The number of likely N-dealkylation sites (N-methyl/N-ethyl adjacent to an activating group) is 1. The molecule has 1 atom stereocenters. The highest BCUT2D eigenvalue weighted by atomic mass is 16.6. The number of hydrogen-bond donors (Lipinski definition) is 2. The lowest BCUT2D eigenvalue weighted by atomic mass is 10.1. The van der Waals surface area contributed by atoms with Gasteiger partial charge in [-0.1, -0.05) is 11.8 Å². The monoisotopic (exact) mass is 375 g/mol. The molecule has 0 saturated heterocycles. The summed E-state index contributed by atoms with van der Waals surface area (Å²) in [6.07, 6.45) is 0.793. The van der Waals surface area contributed by atoms with E-state index in [1.54, 1.807) is 47.7 Å². The summed E-state index contributed by atoms with van der Waals surface area (Å²) in [5.41, 5.74) is -1.38. The molecular formula is C19H25N3O5. The van der Waals surface area contributed by atoms with Gasteiger partial charge in [0.25, 0.3) is 5.91 Å². The van der Waals surface area contributed by atoms with E-state index in [-0.39, 0.29) is 18.3 Å². The second kappa shape index (κ2) is 7.45. The third-order valence-electron chi connectivity index (χ3n) is 3.42. The van der Waals surface area contributed by atoms with Gasteiger partial charge in [-0.25, -0.2) is 9.78 Å². The molecule has 1 aliphatic heterocycles. The molecule has 0 aromatic carbocycles. The minimum Gasteiger partial charge on any atom is -0.486 e. The Bertz CT molecular complexity index is 796. The summed E-state index contributed by atoms with van der Waals surface area (Å²) in [4.78, 5) is 30.2. The second-order valence-electron chi connectivity index (χ2n) is 7.73. The van der Waals surface area contributed by atoms with Gasteiger partial charge in [-0.05, 0) is 40.7 Å². The topological polar surface area (TPSA) is 101 Å². The number of rotatable bonds is 1.